The molecule has 1 aromatic rings. The third-order valence-electron chi connectivity index (χ3n) is 1.03. The Balaban J connectivity index is 3.12. The van der Waals surface area contributed by atoms with Gasteiger partial charge in [0.25, 0.3) is 0 Å². The average Bonchev–Trinajstić information content (AvgIpc) is 1.98. The maximum absolute atomic E-state index is 12.6. The van der Waals surface area contributed by atoms with Crippen molar-refractivity contribution in [2.24, 2.45) is 5.16 Å². The van der Waals surface area contributed by atoms with E-state index < -0.39 is 5.95 Å². The number of nitrogens with zero attached hydrogens (tertiary/aromatic N) is 2. The zero-order valence-corrected chi connectivity index (χ0v) is 6.92. The van der Waals surface area contributed by atoms with Gasteiger partial charge in [-0.1, -0.05) is 5.16 Å². The van der Waals surface area contributed by atoms with Crippen LogP contribution in [-0.2, 0) is 0 Å². The summed E-state index contributed by atoms with van der Waals surface area (Å²) in [5, 5.41) is 10.8. The van der Waals surface area contributed by atoms with Crippen molar-refractivity contribution in [1.29, 1.82) is 0 Å². The molecule has 0 saturated heterocycles. The van der Waals surface area contributed by atoms with Crippen molar-refractivity contribution in [2.75, 3.05) is 0 Å². The summed E-state index contributed by atoms with van der Waals surface area (Å²) in [6.45, 7) is 0. The maximum Gasteiger partial charge on any atom is 0.221 e. The second kappa shape index (κ2) is 3.43. The van der Waals surface area contributed by atoms with Crippen molar-refractivity contribution in [3.63, 3.8) is 0 Å². The fourth-order valence-electron chi connectivity index (χ4n) is 0.591. The van der Waals surface area contributed by atoms with Gasteiger partial charge in [-0.25, -0.2) is 4.98 Å². The molecule has 0 amide bonds. The summed E-state index contributed by atoms with van der Waals surface area (Å²) >= 11 is 3.09. The van der Waals surface area contributed by atoms with Crippen LogP contribution in [0, 0.1) is 5.95 Å². The second-order valence-corrected chi connectivity index (χ2v) is 2.69. The minimum atomic E-state index is -0.661. The van der Waals surface area contributed by atoms with Crippen LogP contribution in [0.4, 0.5) is 4.39 Å². The lowest BCUT2D eigenvalue weighted by molar-refractivity contribution is 0.321. The Morgan fingerprint density at radius 2 is 2.45 bits per heavy atom. The Morgan fingerprint density at radius 3 is 3.09 bits per heavy atom. The highest BCUT2D eigenvalue weighted by Gasteiger charge is 2.00. The first-order valence-corrected chi connectivity index (χ1v) is 3.52. The summed E-state index contributed by atoms with van der Waals surface area (Å²) in [6.07, 6.45) is 2.30. The largest absolute Gasteiger partial charge is 0.411 e. The lowest BCUT2D eigenvalue weighted by Crippen LogP contribution is -1.91. The van der Waals surface area contributed by atoms with Crippen LogP contribution in [0.5, 0.6) is 0 Å². The van der Waals surface area contributed by atoms with E-state index in [1.807, 2.05) is 0 Å². The van der Waals surface area contributed by atoms with Crippen LogP contribution >= 0.6 is 15.9 Å². The number of pyridine rings is 1. The van der Waals surface area contributed by atoms with Gasteiger partial charge in [0.05, 0.1) is 11.8 Å². The van der Waals surface area contributed by atoms with Gasteiger partial charge < -0.3 is 5.21 Å². The van der Waals surface area contributed by atoms with E-state index in [0.29, 0.717) is 4.47 Å². The summed E-state index contributed by atoms with van der Waals surface area (Å²) in [5.74, 6) is -0.661. The molecule has 3 nitrogen and oxygen atoms in total. The predicted octanol–water partition coefficient (Wildman–Crippen LogP) is 1.79. The molecule has 0 aliphatic heterocycles. The molecule has 0 spiro atoms. The Labute approximate surface area is 70.7 Å². The molecule has 0 unspecified atom stereocenters. The molecule has 0 bridgehead atoms. The minimum Gasteiger partial charge on any atom is -0.411 e. The minimum absolute atomic E-state index is 0.141. The molecule has 5 heteroatoms. The van der Waals surface area contributed by atoms with Gasteiger partial charge in [-0.3, -0.25) is 0 Å². The number of oxime groups is 1. The lowest BCUT2D eigenvalue weighted by atomic mass is 10.3. The van der Waals surface area contributed by atoms with Crippen LogP contribution in [-0.4, -0.2) is 16.4 Å². The summed E-state index contributed by atoms with van der Waals surface area (Å²) < 4.78 is 13.3. The average molecular weight is 219 g/mol. The molecule has 0 aliphatic rings. The summed E-state index contributed by atoms with van der Waals surface area (Å²) in [7, 11) is 0. The Kier molecular flexibility index (Phi) is 2.53. The van der Waals surface area contributed by atoms with Crippen molar-refractivity contribution < 1.29 is 9.60 Å². The molecular formula is C6H4BrFN2O. The van der Waals surface area contributed by atoms with Gasteiger partial charge in [0, 0.05) is 10.7 Å². The monoisotopic (exact) mass is 218 g/mol. The first kappa shape index (κ1) is 8.13. The first-order valence-electron chi connectivity index (χ1n) is 2.72. The van der Waals surface area contributed by atoms with Crippen LogP contribution < -0.4 is 0 Å². The van der Waals surface area contributed by atoms with Crippen LogP contribution in [0.15, 0.2) is 21.9 Å². The number of hydrogen-bond acceptors (Lipinski definition) is 3. The van der Waals surface area contributed by atoms with Gasteiger partial charge in [0.2, 0.25) is 5.95 Å². The summed E-state index contributed by atoms with van der Waals surface area (Å²) in [5.41, 5.74) is 0.141. The number of halogens is 2. The third kappa shape index (κ3) is 1.98. The first-order chi connectivity index (χ1) is 5.24. The second-order valence-electron chi connectivity index (χ2n) is 1.78. The van der Waals surface area contributed by atoms with Crippen LogP contribution in [0.3, 0.4) is 0 Å². The zero-order chi connectivity index (χ0) is 8.27. The van der Waals surface area contributed by atoms with Crippen LogP contribution in [0.1, 0.15) is 5.56 Å². The van der Waals surface area contributed by atoms with Crippen molar-refractivity contribution >= 4 is 22.1 Å². The van der Waals surface area contributed by atoms with E-state index in [1.165, 1.54) is 12.3 Å². The SMILES string of the molecule is O/N=C/c1cc(Br)cnc1F. The van der Waals surface area contributed by atoms with Crippen molar-refractivity contribution in [3.8, 4) is 0 Å². The zero-order valence-electron chi connectivity index (χ0n) is 5.33. The lowest BCUT2D eigenvalue weighted by Gasteiger charge is -1.93. The van der Waals surface area contributed by atoms with E-state index in [2.05, 4.69) is 26.1 Å². The van der Waals surface area contributed by atoms with Gasteiger partial charge >= 0.3 is 0 Å². The molecule has 1 aromatic heterocycles. The van der Waals surface area contributed by atoms with Crippen molar-refractivity contribution in [2.45, 2.75) is 0 Å². The molecule has 58 valence electrons. The fraction of sp³-hybridized carbons (Fsp3) is 0. The summed E-state index contributed by atoms with van der Waals surface area (Å²) in [4.78, 5) is 3.38. The summed E-state index contributed by atoms with van der Waals surface area (Å²) in [6, 6.07) is 1.46. The Bertz CT molecular complexity index is 290. The molecule has 0 radical (unpaired) electrons. The number of hydrogen-bond donors (Lipinski definition) is 1. The van der Waals surface area contributed by atoms with Crippen molar-refractivity contribution in [1.82, 2.24) is 4.98 Å². The van der Waals surface area contributed by atoms with Crippen LogP contribution in [0.2, 0.25) is 0 Å². The molecule has 1 N–H and O–H groups in total. The predicted molar refractivity (Wildman–Crippen MR) is 41.3 cm³/mol. The van der Waals surface area contributed by atoms with E-state index in [4.69, 9.17) is 5.21 Å². The van der Waals surface area contributed by atoms with E-state index in [0.717, 1.165) is 6.21 Å². The number of aromatic nitrogens is 1. The van der Waals surface area contributed by atoms with E-state index in [9.17, 15) is 4.39 Å². The van der Waals surface area contributed by atoms with Gasteiger partial charge in [-0.15, -0.1) is 0 Å². The highest BCUT2D eigenvalue weighted by atomic mass is 79.9. The van der Waals surface area contributed by atoms with Gasteiger partial charge in [-0.2, -0.15) is 4.39 Å². The molecule has 0 aromatic carbocycles. The standard InChI is InChI=1S/C6H4BrFN2O/c7-5-1-4(2-10-11)6(8)9-3-5/h1-3,11H/b10-2+. The molecule has 1 heterocycles. The Morgan fingerprint density at radius 1 is 1.73 bits per heavy atom. The molecule has 0 atom stereocenters. The van der Waals surface area contributed by atoms with Crippen LogP contribution in [0.25, 0.3) is 0 Å². The topological polar surface area (TPSA) is 45.5 Å². The van der Waals surface area contributed by atoms with E-state index >= 15 is 0 Å². The Hall–Kier alpha value is -0.970. The fourth-order valence-corrected chi connectivity index (χ4v) is 0.940. The smallest absolute Gasteiger partial charge is 0.221 e. The molecule has 0 saturated carbocycles. The molecule has 1 rings (SSSR count). The van der Waals surface area contributed by atoms with Gasteiger partial charge in [0.15, 0.2) is 0 Å². The van der Waals surface area contributed by atoms with Gasteiger partial charge in [0.1, 0.15) is 0 Å². The quantitative estimate of drug-likeness (QED) is 0.338. The highest BCUT2D eigenvalue weighted by molar-refractivity contribution is 9.10. The molecule has 0 fully saturated rings. The van der Waals surface area contributed by atoms with Gasteiger partial charge in [-0.05, 0) is 22.0 Å². The molecule has 0 aliphatic carbocycles. The number of rotatable bonds is 1. The van der Waals surface area contributed by atoms with Crippen molar-refractivity contribution in [3.05, 3.63) is 28.2 Å². The molecule has 11 heavy (non-hydrogen) atoms. The van der Waals surface area contributed by atoms with E-state index in [-0.39, 0.29) is 5.56 Å². The molecular weight excluding hydrogens is 215 g/mol. The maximum atomic E-state index is 12.6. The van der Waals surface area contributed by atoms with E-state index in [1.54, 1.807) is 0 Å². The highest BCUT2D eigenvalue weighted by Crippen LogP contribution is 2.10. The third-order valence-corrected chi connectivity index (χ3v) is 1.46. The normalized spacial score (nSPS) is 10.7.